The molecule has 29 heavy (non-hydrogen) atoms. The van der Waals surface area contributed by atoms with Gasteiger partial charge in [-0.1, -0.05) is 36.4 Å². The molecular weight excluding hydrogens is 475 g/mol. The number of aliphatic imine (C=N–C) groups is 1. The van der Waals surface area contributed by atoms with Crippen molar-refractivity contribution in [1.82, 2.24) is 4.90 Å². The molecule has 1 fully saturated rings. The van der Waals surface area contributed by atoms with E-state index in [1.807, 2.05) is 17.0 Å². The van der Waals surface area contributed by atoms with E-state index in [1.54, 1.807) is 0 Å². The molecule has 0 unspecified atom stereocenters. The minimum Gasteiger partial charge on any atom is -0.370 e. The maximum Gasteiger partial charge on any atom is 0.222 e. The Hall–Kier alpha value is -2.09. The summed E-state index contributed by atoms with van der Waals surface area (Å²) < 4.78 is 0. The molecule has 4 rings (SSSR count). The summed E-state index contributed by atoms with van der Waals surface area (Å²) >= 11 is 0. The molecule has 0 aromatic heterocycles. The molecule has 2 aliphatic rings. The molecule has 154 valence electrons. The van der Waals surface area contributed by atoms with E-state index >= 15 is 0 Å². The quantitative estimate of drug-likeness (QED) is 0.364. The number of carbonyl (C=O) groups excluding carboxylic acids is 1. The van der Waals surface area contributed by atoms with Crippen LogP contribution in [0, 0.1) is 0 Å². The van der Waals surface area contributed by atoms with E-state index in [-0.39, 0.29) is 29.9 Å². The predicted molar refractivity (Wildman–Crippen MR) is 129 cm³/mol. The lowest BCUT2D eigenvalue weighted by Crippen LogP contribution is -2.25. The van der Waals surface area contributed by atoms with Gasteiger partial charge in [0.05, 0.1) is 6.54 Å². The Morgan fingerprint density at radius 3 is 2.59 bits per heavy atom. The van der Waals surface area contributed by atoms with Gasteiger partial charge in [0.15, 0.2) is 5.96 Å². The molecule has 0 saturated carbocycles. The number of nitrogens with zero attached hydrogens (tertiary/aromatic N) is 2. The van der Waals surface area contributed by atoms with Gasteiger partial charge in [-0.25, -0.2) is 4.99 Å². The highest BCUT2D eigenvalue weighted by molar-refractivity contribution is 14.0. The molecule has 1 amide bonds. The van der Waals surface area contributed by atoms with Gasteiger partial charge in [0.1, 0.15) is 0 Å². The van der Waals surface area contributed by atoms with E-state index < -0.39 is 0 Å². The number of carbonyl (C=O) groups is 1. The van der Waals surface area contributed by atoms with Crippen molar-refractivity contribution in [2.75, 3.05) is 11.9 Å². The van der Waals surface area contributed by atoms with Crippen molar-refractivity contribution in [3.8, 4) is 0 Å². The maximum absolute atomic E-state index is 11.9. The zero-order valence-corrected chi connectivity index (χ0v) is 19.0. The Balaban J connectivity index is 0.00000240. The Morgan fingerprint density at radius 2 is 1.79 bits per heavy atom. The number of rotatable bonds is 5. The monoisotopic (exact) mass is 504 g/mol. The van der Waals surface area contributed by atoms with E-state index in [1.165, 1.54) is 24.0 Å². The SMILES string of the molecule is I.NC(=NCc1ccccc1CN1CCCC1=O)Nc1cccc2c1CCCC2. The second kappa shape index (κ2) is 10.1. The van der Waals surface area contributed by atoms with Crippen molar-refractivity contribution >= 4 is 41.5 Å². The van der Waals surface area contributed by atoms with Crippen LogP contribution >= 0.6 is 24.0 Å². The highest BCUT2D eigenvalue weighted by Gasteiger charge is 2.20. The standard InChI is InChI=1S/C23H28N4O.HI/c24-23(26-21-12-5-10-17-7-3-4-11-20(17)21)25-15-18-8-1-2-9-19(18)16-27-14-6-13-22(27)28;/h1-2,5,8-10,12H,3-4,6-7,11,13-16H2,(H3,24,25,26);1H. The molecule has 1 heterocycles. The second-order valence-electron chi connectivity index (χ2n) is 7.66. The van der Waals surface area contributed by atoms with E-state index in [0.717, 1.165) is 42.6 Å². The van der Waals surface area contributed by atoms with Crippen molar-refractivity contribution < 1.29 is 4.79 Å². The van der Waals surface area contributed by atoms with E-state index in [0.29, 0.717) is 25.5 Å². The van der Waals surface area contributed by atoms with Crippen LogP contribution in [0.4, 0.5) is 5.69 Å². The summed E-state index contributed by atoms with van der Waals surface area (Å²) in [5, 5.41) is 3.30. The number of anilines is 1. The molecule has 0 bridgehead atoms. The summed E-state index contributed by atoms with van der Waals surface area (Å²) in [6.45, 7) is 2.01. The van der Waals surface area contributed by atoms with Gasteiger partial charge in [-0.2, -0.15) is 0 Å². The lowest BCUT2D eigenvalue weighted by Gasteiger charge is -2.20. The fourth-order valence-electron chi connectivity index (χ4n) is 4.19. The summed E-state index contributed by atoms with van der Waals surface area (Å²) in [5.74, 6) is 0.680. The number of halogens is 1. The van der Waals surface area contributed by atoms with Crippen LogP contribution in [0.2, 0.25) is 0 Å². The number of amides is 1. The summed E-state index contributed by atoms with van der Waals surface area (Å²) in [4.78, 5) is 18.4. The minimum atomic E-state index is 0. The third-order valence-corrected chi connectivity index (χ3v) is 5.73. The number of fused-ring (bicyclic) bond motifs is 1. The summed E-state index contributed by atoms with van der Waals surface area (Å²) in [7, 11) is 0. The van der Waals surface area contributed by atoms with Crippen LogP contribution in [0.15, 0.2) is 47.5 Å². The molecule has 3 N–H and O–H groups in total. The molecule has 2 aromatic carbocycles. The first-order valence-electron chi connectivity index (χ1n) is 10.2. The first-order chi connectivity index (χ1) is 13.7. The fraction of sp³-hybridized carbons (Fsp3) is 0.391. The first kappa shape index (κ1) is 21.6. The van der Waals surface area contributed by atoms with Gasteiger partial charge in [-0.15, -0.1) is 24.0 Å². The lowest BCUT2D eigenvalue weighted by molar-refractivity contribution is -0.128. The number of nitrogens with two attached hydrogens (primary N) is 1. The third-order valence-electron chi connectivity index (χ3n) is 5.73. The van der Waals surface area contributed by atoms with Crippen LogP contribution in [-0.4, -0.2) is 23.3 Å². The zero-order chi connectivity index (χ0) is 19.3. The summed E-state index contributed by atoms with van der Waals surface area (Å²) in [5.41, 5.74) is 12.3. The lowest BCUT2D eigenvalue weighted by atomic mass is 9.90. The van der Waals surface area contributed by atoms with Crippen LogP contribution < -0.4 is 11.1 Å². The number of benzene rings is 2. The molecule has 0 radical (unpaired) electrons. The van der Waals surface area contributed by atoms with Crippen LogP contribution in [0.25, 0.3) is 0 Å². The van der Waals surface area contributed by atoms with Crippen LogP contribution in [0.1, 0.15) is 47.9 Å². The van der Waals surface area contributed by atoms with Gasteiger partial charge in [0, 0.05) is 25.2 Å². The predicted octanol–water partition coefficient (Wildman–Crippen LogP) is 4.23. The average molecular weight is 504 g/mol. The molecule has 6 heteroatoms. The minimum absolute atomic E-state index is 0. The van der Waals surface area contributed by atoms with Gasteiger partial charge in [0.2, 0.25) is 5.91 Å². The molecule has 2 aromatic rings. The Labute approximate surface area is 189 Å². The van der Waals surface area contributed by atoms with Crippen molar-refractivity contribution in [2.45, 2.75) is 51.6 Å². The number of aryl methyl sites for hydroxylation is 1. The number of guanidine groups is 1. The van der Waals surface area contributed by atoms with Gasteiger partial charge in [0.25, 0.3) is 0 Å². The van der Waals surface area contributed by atoms with Crippen molar-refractivity contribution in [1.29, 1.82) is 0 Å². The number of nitrogens with one attached hydrogen (secondary N) is 1. The molecule has 0 spiro atoms. The van der Waals surface area contributed by atoms with E-state index in [2.05, 4.69) is 40.6 Å². The first-order valence-corrected chi connectivity index (χ1v) is 10.2. The largest absolute Gasteiger partial charge is 0.370 e. The molecule has 1 aliphatic heterocycles. The molecule has 1 saturated heterocycles. The van der Waals surface area contributed by atoms with Crippen molar-refractivity contribution in [2.24, 2.45) is 10.7 Å². The Morgan fingerprint density at radius 1 is 1.00 bits per heavy atom. The van der Waals surface area contributed by atoms with Gasteiger partial charge in [-0.05, 0) is 60.4 Å². The number of likely N-dealkylation sites (tertiary alicyclic amines) is 1. The summed E-state index contributed by atoms with van der Waals surface area (Å²) in [6, 6.07) is 14.5. The number of hydrogen-bond acceptors (Lipinski definition) is 2. The normalized spacial score (nSPS) is 16.3. The van der Waals surface area contributed by atoms with Crippen LogP contribution in [0.5, 0.6) is 0 Å². The third kappa shape index (κ3) is 5.29. The smallest absolute Gasteiger partial charge is 0.222 e. The van der Waals surface area contributed by atoms with Crippen LogP contribution in [-0.2, 0) is 30.7 Å². The summed E-state index contributed by atoms with van der Waals surface area (Å²) in [6.07, 6.45) is 6.35. The highest BCUT2D eigenvalue weighted by Crippen LogP contribution is 2.27. The Kier molecular flexibility index (Phi) is 7.52. The van der Waals surface area contributed by atoms with E-state index in [4.69, 9.17) is 5.73 Å². The molecular formula is C23H29IN4O. The number of hydrogen-bond donors (Lipinski definition) is 2. The van der Waals surface area contributed by atoms with Crippen molar-refractivity contribution in [3.63, 3.8) is 0 Å². The molecule has 0 atom stereocenters. The molecule has 5 nitrogen and oxygen atoms in total. The highest BCUT2D eigenvalue weighted by atomic mass is 127. The second-order valence-corrected chi connectivity index (χ2v) is 7.66. The van der Waals surface area contributed by atoms with Crippen molar-refractivity contribution in [3.05, 3.63) is 64.7 Å². The topological polar surface area (TPSA) is 70.7 Å². The molecule has 1 aliphatic carbocycles. The maximum atomic E-state index is 11.9. The zero-order valence-electron chi connectivity index (χ0n) is 16.7. The Bertz CT molecular complexity index is 896. The fourth-order valence-corrected chi connectivity index (χ4v) is 4.19. The van der Waals surface area contributed by atoms with Gasteiger partial charge in [-0.3, -0.25) is 4.79 Å². The van der Waals surface area contributed by atoms with E-state index in [9.17, 15) is 4.79 Å². The average Bonchev–Trinajstić information content (AvgIpc) is 3.12. The van der Waals surface area contributed by atoms with Gasteiger partial charge < -0.3 is 16.0 Å². The van der Waals surface area contributed by atoms with Crippen LogP contribution in [0.3, 0.4) is 0 Å². The van der Waals surface area contributed by atoms with Gasteiger partial charge >= 0.3 is 0 Å².